The smallest absolute Gasteiger partial charge is 0.261 e. The van der Waals surface area contributed by atoms with E-state index in [0.29, 0.717) is 0 Å². The summed E-state index contributed by atoms with van der Waals surface area (Å²) >= 11 is 0. The minimum Gasteiger partial charge on any atom is -0.481 e. The molecule has 0 aromatic heterocycles. The molecule has 0 radical (unpaired) electrons. The van der Waals surface area contributed by atoms with E-state index in [-0.39, 0.29) is 11.9 Å². The van der Waals surface area contributed by atoms with Crippen molar-refractivity contribution in [3.63, 3.8) is 0 Å². The number of hydrogen-bond donors (Lipinski definition) is 1. The summed E-state index contributed by atoms with van der Waals surface area (Å²) in [6, 6.07) is 24.4. The van der Waals surface area contributed by atoms with Crippen LogP contribution >= 0.6 is 0 Å². The van der Waals surface area contributed by atoms with Crippen molar-refractivity contribution in [2.24, 2.45) is 0 Å². The molecule has 1 aliphatic rings. The number of benzene rings is 3. The molecule has 0 bridgehead atoms. The fourth-order valence-corrected chi connectivity index (χ4v) is 4.06. The second-order valence-corrected chi connectivity index (χ2v) is 8.16. The summed E-state index contributed by atoms with van der Waals surface area (Å²) in [6.07, 6.45) is 4.13. The first-order valence-corrected chi connectivity index (χ1v) is 10.8. The number of carbonyl (C=O) groups excluding carboxylic acids is 1. The van der Waals surface area contributed by atoms with Gasteiger partial charge in [-0.1, -0.05) is 66.2 Å². The average Bonchev–Trinajstić information content (AvgIpc) is 2.78. The Morgan fingerprint density at radius 3 is 2.27 bits per heavy atom. The van der Waals surface area contributed by atoms with Gasteiger partial charge in [0.15, 0.2) is 6.10 Å². The van der Waals surface area contributed by atoms with E-state index in [1.165, 1.54) is 29.5 Å². The first-order chi connectivity index (χ1) is 14.6. The van der Waals surface area contributed by atoms with Crippen LogP contribution in [0.5, 0.6) is 5.75 Å². The van der Waals surface area contributed by atoms with Crippen molar-refractivity contribution in [2.75, 3.05) is 0 Å². The third-order valence-corrected chi connectivity index (χ3v) is 5.83. The molecule has 2 unspecified atom stereocenters. The van der Waals surface area contributed by atoms with E-state index in [2.05, 4.69) is 48.6 Å². The van der Waals surface area contributed by atoms with Crippen molar-refractivity contribution in [2.45, 2.75) is 51.7 Å². The van der Waals surface area contributed by atoms with Crippen molar-refractivity contribution in [3.8, 4) is 5.75 Å². The molecule has 2 atom stereocenters. The molecule has 4 rings (SSSR count). The normalized spacial score (nSPS) is 15.0. The second kappa shape index (κ2) is 9.17. The summed E-state index contributed by atoms with van der Waals surface area (Å²) in [5.74, 6) is 0.645. The largest absolute Gasteiger partial charge is 0.481 e. The zero-order chi connectivity index (χ0) is 20.9. The maximum absolute atomic E-state index is 13.0. The Morgan fingerprint density at radius 1 is 0.867 bits per heavy atom. The van der Waals surface area contributed by atoms with Gasteiger partial charge in [0.25, 0.3) is 5.91 Å². The SMILES string of the molecule is Cc1ccc(C(NC(=O)C(C)Oc2ccc3c(c2)CCCC3)c2ccccc2)cc1. The molecule has 3 heteroatoms. The van der Waals surface area contributed by atoms with Crippen LogP contribution in [0, 0.1) is 6.92 Å². The third-order valence-electron chi connectivity index (χ3n) is 5.83. The topological polar surface area (TPSA) is 38.3 Å². The highest BCUT2D eigenvalue weighted by Crippen LogP contribution is 2.26. The number of nitrogens with one attached hydrogen (secondary N) is 1. The van der Waals surface area contributed by atoms with Gasteiger partial charge >= 0.3 is 0 Å². The zero-order valence-electron chi connectivity index (χ0n) is 17.7. The van der Waals surface area contributed by atoms with E-state index < -0.39 is 6.10 Å². The molecule has 0 spiro atoms. The number of hydrogen-bond acceptors (Lipinski definition) is 2. The third kappa shape index (κ3) is 4.73. The lowest BCUT2D eigenvalue weighted by atomic mass is 9.92. The molecule has 3 aromatic carbocycles. The fraction of sp³-hybridized carbons (Fsp3) is 0.296. The van der Waals surface area contributed by atoms with E-state index in [0.717, 1.165) is 29.7 Å². The van der Waals surface area contributed by atoms with Gasteiger partial charge in [-0.15, -0.1) is 0 Å². The van der Waals surface area contributed by atoms with Gasteiger partial charge in [0.1, 0.15) is 5.75 Å². The molecule has 0 saturated heterocycles. The van der Waals surface area contributed by atoms with Gasteiger partial charge in [0.2, 0.25) is 0 Å². The van der Waals surface area contributed by atoms with Gasteiger partial charge in [-0.25, -0.2) is 0 Å². The number of rotatable bonds is 6. The van der Waals surface area contributed by atoms with Crippen LogP contribution in [-0.2, 0) is 17.6 Å². The highest BCUT2D eigenvalue weighted by molar-refractivity contribution is 5.81. The van der Waals surface area contributed by atoms with Gasteiger partial charge in [-0.2, -0.15) is 0 Å². The minimum atomic E-state index is -0.580. The van der Waals surface area contributed by atoms with Crippen LogP contribution in [0.4, 0.5) is 0 Å². The fourth-order valence-electron chi connectivity index (χ4n) is 4.06. The predicted octanol–water partition coefficient (Wildman–Crippen LogP) is 5.55. The summed E-state index contributed by atoms with van der Waals surface area (Å²) in [6.45, 7) is 3.88. The van der Waals surface area contributed by atoms with Crippen LogP contribution in [0.1, 0.15) is 53.6 Å². The van der Waals surface area contributed by atoms with Crippen LogP contribution in [0.25, 0.3) is 0 Å². The summed E-state index contributed by atoms with van der Waals surface area (Å²) in [5.41, 5.74) is 6.07. The van der Waals surface area contributed by atoms with Crippen LogP contribution in [0.2, 0.25) is 0 Å². The monoisotopic (exact) mass is 399 g/mol. The number of fused-ring (bicyclic) bond motifs is 1. The molecule has 0 aliphatic heterocycles. The Kier molecular flexibility index (Phi) is 6.18. The van der Waals surface area contributed by atoms with Crippen LogP contribution in [0.3, 0.4) is 0 Å². The molecule has 0 fully saturated rings. The molecule has 0 heterocycles. The molecule has 3 nitrogen and oxygen atoms in total. The molecule has 1 N–H and O–H groups in total. The molecule has 154 valence electrons. The van der Waals surface area contributed by atoms with Crippen molar-refractivity contribution >= 4 is 5.91 Å². The van der Waals surface area contributed by atoms with Crippen molar-refractivity contribution < 1.29 is 9.53 Å². The number of aryl methyl sites for hydroxylation is 3. The molecule has 30 heavy (non-hydrogen) atoms. The Bertz CT molecular complexity index is 995. The van der Waals surface area contributed by atoms with Gasteiger partial charge in [0.05, 0.1) is 6.04 Å². The summed E-state index contributed by atoms with van der Waals surface area (Å²) < 4.78 is 6.02. The number of ether oxygens (including phenoxy) is 1. The number of carbonyl (C=O) groups is 1. The summed E-state index contributed by atoms with van der Waals surface area (Å²) in [5, 5.41) is 3.19. The van der Waals surface area contributed by atoms with Crippen molar-refractivity contribution in [1.29, 1.82) is 0 Å². The van der Waals surface area contributed by atoms with E-state index in [1.54, 1.807) is 0 Å². The summed E-state index contributed by atoms with van der Waals surface area (Å²) in [4.78, 5) is 13.0. The lowest BCUT2D eigenvalue weighted by Crippen LogP contribution is -2.39. The molecule has 1 amide bonds. The number of amides is 1. The van der Waals surface area contributed by atoms with Crippen LogP contribution < -0.4 is 10.1 Å². The maximum atomic E-state index is 13.0. The first-order valence-electron chi connectivity index (χ1n) is 10.8. The zero-order valence-corrected chi connectivity index (χ0v) is 17.7. The standard InChI is InChI=1S/C27H29NO2/c1-19-12-14-23(15-13-19)26(22-9-4-3-5-10-22)28-27(29)20(2)30-25-17-16-21-8-6-7-11-24(21)18-25/h3-5,9-10,12-18,20,26H,6-8,11H2,1-2H3,(H,28,29). The highest BCUT2D eigenvalue weighted by atomic mass is 16.5. The molecular formula is C27H29NO2. The van der Waals surface area contributed by atoms with Gasteiger partial charge < -0.3 is 10.1 Å². The van der Waals surface area contributed by atoms with E-state index in [9.17, 15) is 4.79 Å². The van der Waals surface area contributed by atoms with Gasteiger partial charge in [-0.05, 0) is 73.9 Å². The Balaban J connectivity index is 1.50. The lowest BCUT2D eigenvalue weighted by Gasteiger charge is -2.23. The van der Waals surface area contributed by atoms with Crippen molar-refractivity contribution in [1.82, 2.24) is 5.32 Å². The van der Waals surface area contributed by atoms with Gasteiger partial charge in [-0.3, -0.25) is 4.79 Å². The second-order valence-electron chi connectivity index (χ2n) is 8.16. The van der Waals surface area contributed by atoms with Crippen LogP contribution in [-0.4, -0.2) is 12.0 Å². The maximum Gasteiger partial charge on any atom is 0.261 e. The van der Waals surface area contributed by atoms with E-state index in [1.807, 2.05) is 43.3 Å². The molecule has 0 saturated carbocycles. The predicted molar refractivity (Wildman–Crippen MR) is 121 cm³/mol. The molecule has 3 aromatic rings. The highest BCUT2D eigenvalue weighted by Gasteiger charge is 2.22. The Labute approximate surface area is 179 Å². The Hall–Kier alpha value is -3.07. The van der Waals surface area contributed by atoms with E-state index in [4.69, 9.17) is 4.74 Å². The van der Waals surface area contributed by atoms with E-state index >= 15 is 0 Å². The van der Waals surface area contributed by atoms with Gasteiger partial charge in [0, 0.05) is 0 Å². The average molecular weight is 400 g/mol. The summed E-state index contributed by atoms with van der Waals surface area (Å²) in [7, 11) is 0. The quantitative estimate of drug-likeness (QED) is 0.590. The minimum absolute atomic E-state index is 0.123. The lowest BCUT2D eigenvalue weighted by molar-refractivity contribution is -0.127. The van der Waals surface area contributed by atoms with Crippen LogP contribution in [0.15, 0.2) is 72.8 Å². The Morgan fingerprint density at radius 2 is 1.53 bits per heavy atom. The molecular weight excluding hydrogens is 370 g/mol. The van der Waals surface area contributed by atoms with Crippen molar-refractivity contribution in [3.05, 3.63) is 101 Å². The molecule has 1 aliphatic carbocycles. The first kappa shape index (κ1) is 20.2.